The molecule has 0 saturated carbocycles. The summed E-state index contributed by atoms with van der Waals surface area (Å²) in [6.45, 7) is 7.58. The van der Waals surface area contributed by atoms with E-state index in [-0.39, 0.29) is 5.75 Å². The molecule has 4 nitrogen and oxygen atoms in total. The Hall–Kier alpha value is -2.33. The van der Waals surface area contributed by atoms with Crippen LogP contribution in [0.5, 0.6) is 5.75 Å². The number of nitrogens with zero attached hydrogens (tertiary/aromatic N) is 3. The van der Waals surface area contributed by atoms with E-state index in [0.717, 1.165) is 30.9 Å². The molecular formula is C21H29N3O. The summed E-state index contributed by atoms with van der Waals surface area (Å²) in [6.07, 6.45) is 1.76. The smallest absolute Gasteiger partial charge is 0.126 e. The highest BCUT2D eigenvalue weighted by atomic mass is 16.3. The van der Waals surface area contributed by atoms with E-state index in [2.05, 4.69) is 60.9 Å². The van der Waals surface area contributed by atoms with Crippen LogP contribution in [0.15, 0.2) is 47.5 Å². The van der Waals surface area contributed by atoms with Gasteiger partial charge in [0.1, 0.15) is 5.75 Å². The molecule has 0 bridgehead atoms. The number of phenols is 1. The van der Waals surface area contributed by atoms with E-state index in [4.69, 9.17) is 0 Å². The van der Waals surface area contributed by atoms with E-state index in [0.29, 0.717) is 6.54 Å². The summed E-state index contributed by atoms with van der Waals surface area (Å²) in [5, 5.41) is 10.3. The largest absolute Gasteiger partial charge is 0.507 e. The first kappa shape index (κ1) is 19.0. The first-order valence-corrected chi connectivity index (χ1v) is 8.84. The maximum absolute atomic E-state index is 10.3. The Balaban J connectivity index is 2.10. The summed E-state index contributed by atoms with van der Waals surface area (Å²) >= 11 is 0. The highest BCUT2D eigenvalue weighted by Gasteiger charge is 2.06. The third kappa shape index (κ3) is 5.33. The average molecular weight is 339 g/mol. The number of aromatic hydroxyl groups is 1. The van der Waals surface area contributed by atoms with E-state index < -0.39 is 0 Å². The Morgan fingerprint density at radius 3 is 2.28 bits per heavy atom. The molecule has 0 radical (unpaired) electrons. The van der Waals surface area contributed by atoms with Gasteiger partial charge < -0.3 is 14.9 Å². The Labute approximate surface area is 151 Å². The number of aliphatic imine (C=N–C) groups is 1. The third-order valence-electron chi connectivity index (χ3n) is 4.24. The zero-order valence-electron chi connectivity index (χ0n) is 15.7. The van der Waals surface area contributed by atoms with Gasteiger partial charge in [-0.25, -0.2) is 0 Å². The van der Waals surface area contributed by atoms with Gasteiger partial charge in [0.05, 0.1) is 6.54 Å². The zero-order valence-corrected chi connectivity index (χ0v) is 15.7. The van der Waals surface area contributed by atoms with Gasteiger partial charge in [-0.05, 0) is 51.2 Å². The summed E-state index contributed by atoms with van der Waals surface area (Å²) in [5.41, 5.74) is 4.29. The predicted molar refractivity (Wildman–Crippen MR) is 107 cm³/mol. The van der Waals surface area contributed by atoms with Crippen molar-refractivity contribution >= 4 is 11.9 Å². The maximum atomic E-state index is 10.3. The van der Waals surface area contributed by atoms with Crippen LogP contribution in [0, 0.1) is 0 Å². The first-order chi connectivity index (χ1) is 12.0. The molecule has 1 N–H and O–H groups in total. The molecule has 0 aliphatic carbocycles. The number of rotatable bonds is 8. The molecule has 0 spiro atoms. The minimum absolute atomic E-state index is 0.273. The van der Waals surface area contributed by atoms with Gasteiger partial charge in [-0.15, -0.1) is 0 Å². The van der Waals surface area contributed by atoms with Crippen molar-refractivity contribution in [3.05, 3.63) is 59.2 Å². The van der Waals surface area contributed by atoms with Gasteiger partial charge >= 0.3 is 0 Å². The Bertz CT molecular complexity index is 706. The molecule has 2 rings (SSSR count). The highest BCUT2D eigenvalue weighted by molar-refractivity contribution is 5.84. The van der Waals surface area contributed by atoms with Crippen molar-refractivity contribution < 1.29 is 5.11 Å². The van der Waals surface area contributed by atoms with E-state index in [1.54, 1.807) is 6.21 Å². The molecule has 0 amide bonds. The summed E-state index contributed by atoms with van der Waals surface area (Å²) < 4.78 is 0. The van der Waals surface area contributed by atoms with Gasteiger partial charge in [-0.3, -0.25) is 4.99 Å². The lowest BCUT2D eigenvalue weighted by Gasteiger charge is -2.21. The summed E-state index contributed by atoms with van der Waals surface area (Å²) in [7, 11) is 4.13. The van der Waals surface area contributed by atoms with Crippen LogP contribution >= 0.6 is 0 Å². The van der Waals surface area contributed by atoms with Crippen LogP contribution in [0.4, 0.5) is 5.69 Å². The van der Waals surface area contributed by atoms with Crippen LogP contribution in [0.1, 0.15) is 30.5 Å². The van der Waals surface area contributed by atoms with E-state index in [9.17, 15) is 5.11 Å². The summed E-state index contributed by atoms with van der Waals surface area (Å²) in [5.74, 6) is 0.273. The van der Waals surface area contributed by atoms with Gasteiger partial charge in [0.25, 0.3) is 0 Å². The second kappa shape index (κ2) is 9.23. The molecule has 0 unspecified atom stereocenters. The molecule has 134 valence electrons. The van der Waals surface area contributed by atoms with E-state index in [1.165, 1.54) is 11.1 Å². The Morgan fingerprint density at radius 2 is 1.68 bits per heavy atom. The first-order valence-electron chi connectivity index (χ1n) is 8.84. The second-order valence-corrected chi connectivity index (χ2v) is 6.39. The highest BCUT2D eigenvalue weighted by Crippen LogP contribution is 2.23. The lowest BCUT2D eigenvalue weighted by atomic mass is 10.1. The SMILES string of the molecule is CCN(CC)c1ccc(C=NCc2ccccc2CN(C)C)c(O)c1. The molecule has 0 saturated heterocycles. The van der Waals surface area contributed by atoms with Gasteiger partial charge in [0.15, 0.2) is 0 Å². The number of phenolic OH excluding ortho intramolecular Hbond substituents is 1. The van der Waals surface area contributed by atoms with Crippen molar-refractivity contribution in [2.75, 3.05) is 32.1 Å². The van der Waals surface area contributed by atoms with Gasteiger partial charge in [-0.1, -0.05) is 24.3 Å². The van der Waals surface area contributed by atoms with Crippen molar-refractivity contribution in [1.29, 1.82) is 0 Å². The van der Waals surface area contributed by atoms with Gasteiger partial charge in [0.2, 0.25) is 0 Å². The lowest BCUT2D eigenvalue weighted by Crippen LogP contribution is -2.21. The maximum Gasteiger partial charge on any atom is 0.126 e. The minimum atomic E-state index is 0.273. The third-order valence-corrected chi connectivity index (χ3v) is 4.24. The number of anilines is 1. The molecule has 0 fully saturated rings. The Morgan fingerprint density at radius 1 is 1.00 bits per heavy atom. The van der Waals surface area contributed by atoms with E-state index in [1.807, 2.05) is 24.3 Å². The molecule has 0 heterocycles. The minimum Gasteiger partial charge on any atom is -0.507 e. The van der Waals surface area contributed by atoms with Gasteiger partial charge in [-0.2, -0.15) is 0 Å². The fraction of sp³-hybridized carbons (Fsp3) is 0.381. The monoisotopic (exact) mass is 339 g/mol. The molecule has 0 aromatic heterocycles. The standard InChI is InChI=1S/C21H29N3O/c1-5-24(6-2)20-12-11-18(21(25)13-20)15-22-14-17-9-7-8-10-19(17)16-23(3)4/h7-13,15,25H,5-6,14,16H2,1-4H3. The van der Waals surface area contributed by atoms with Crippen molar-refractivity contribution in [2.24, 2.45) is 4.99 Å². The van der Waals surface area contributed by atoms with Crippen LogP contribution in [-0.2, 0) is 13.1 Å². The fourth-order valence-corrected chi connectivity index (χ4v) is 2.88. The molecule has 0 atom stereocenters. The van der Waals surface area contributed by atoms with Crippen molar-refractivity contribution in [3.8, 4) is 5.75 Å². The molecular weight excluding hydrogens is 310 g/mol. The average Bonchev–Trinajstić information content (AvgIpc) is 2.59. The molecule has 4 heteroatoms. The van der Waals surface area contributed by atoms with Crippen LogP contribution in [0.25, 0.3) is 0 Å². The van der Waals surface area contributed by atoms with Crippen LogP contribution < -0.4 is 4.90 Å². The second-order valence-electron chi connectivity index (χ2n) is 6.39. The van der Waals surface area contributed by atoms with Crippen molar-refractivity contribution in [3.63, 3.8) is 0 Å². The van der Waals surface area contributed by atoms with Crippen molar-refractivity contribution in [2.45, 2.75) is 26.9 Å². The fourth-order valence-electron chi connectivity index (χ4n) is 2.88. The molecule has 25 heavy (non-hydrogen) atoms. The predicted octanol–water partition coefficient (Wildman–Crippen LogP) is 3.92. The lowest BCUT2D eigenvalue weighted by molar-refractivity contribution is 0.401. The molecule has 0 aliphatic heterocycles. The Kier molecular flexibility index (Phi) is 7.02. The number of benzene rings is 2. The van der Waals surface area contributed by atoms with Gasteiger partial charge in [0, 0.05) is 43.2 Å². The summed E-state index contributed by atoms with van der Waals surface area (Å²) in [4.78, 5) is 8.90. The molecule has 2 aromatic rings. The number of hydrogen-bond donors (Lipinski definition) is 1. The van der Waals surface area contributed by atoms with Crippen LogP contribution in [-0.4, -0.2) is 43.4 Å². The number of hydrogen-bond acceptors (Lipinski definition) is 4. The van der Waals surface area contributed by atoms with Crippen LogP contribution in [0.2, 0.25) is 0 Å². The quantitative estimate of drug-likeness (QED) is 0.741. The normalized spacial score (nSPS) is 11.4. The molecule has 2 aromatic carbocycles. The van der Waals surface area contributed by atoms with Crippen LogP contribution in [0.3, 0.4) is 0 Å². The van der Waals surface area contributed by atoms with Crippen molar-refractivity contribution in [1.82, 2.24) is 4.90 Å². The summed E-state index contributed by atoms with van der Waals surface area (Å²) in [6, 6.07) is 14.1. The topological polar surface area (TPSA) is 39.1 Å². The van der Waals surface area contributed by atoms with E-state index >= 15 is 0 Å². The zero-order chi connectivity index (χ0) is 18.2. The molecule has 0 aliphatic rings.